The van der Waals surface area contributed by atoms with E-state index >= 15 is 0 Å². The lowest BCUT2D eigenvalue weighted by Gasteiger charge is -2.36. The van der Waals surface area contributed by atoms with Gasteiger partial charge in [-0.25, -0.2) is 0 Å². The lowest BCUT2D eigenvalue weighted by Crippen LogP contribution is -2.51. The Morgan fingerprint density at radius 1 is 1.14 bits per heavy atom. The minimum absolute atomic E-state index is 0.609. The van der Waals surface area contributed by atoms with Crippen LogP contribution in [0.4, 0.5) is 0 Å². The van der Waals surface area contributed by atoms with Crippen LogP contribution in [0.25, 0.3) is 0 Å². The van der Waals surface area contributed by atoms with E-state index in [4.69, 9.17) is 12.2 Å². The number of thiocarbonyl (C=S) groups is 1. The van der Waals surface area contributed by atoms with E-state index in [0.29, 0.717) is 12.0 Å². The fourth-order valence-corrected chi connectivity index (χ4v) is 3.22. The third kappa shape index (κ3) is 4.20. The molecular formula is C18H27N3S. The normalized spacial score (nSPS) is 19.5. The highest BCUT2D eigenvalue weighted by molar-refractivity contribution is 7.80. The standard InChI is InChI=1S/C18H27N3S/c1-14(2)16-5-3-15(4-6-16)13-20-9-11-21(12-10-20)18(22)19-17-7-8-17/h3-6,14,17H,7-13H2,1-2H3,(H,19,22). The van der Waals surface area contributed by atoms with Gasteiger partial charge in [-0.2, -0.15) is 0 Å². The molecule has 3 nitrogen and oxygen atoms in total. The zero-order valence-electron chi connectivity index (χ0n) is 13.7. The van der Waals surface area contributed by atoms with E-state index in [1.165, 1.54) is 24.0 Å². The molecule has 120 valence electrons. The zero-order valence-corrected chi connectivity index (χ0v) is 14.5. The van der Waals surface area contributed by atoms with Crippen LogP contribution in [0, 0.1) is 0 Å². The van der Waals surface area contributed by atoms with Crippen molar-refractivity contribution in [3.8, 4) is 0 Å². The summed E-state index contributed by atoms with van der Waals surface area (Å²) in [4.78, 5) is 4.85. The van der Waals surface area contributed by atoms with Gasteiger partial charge in [0.1, 0.15) is 0 Å². The van der Waals surface area contributed by atoms with Crippen molar-refractivity contribution in [2.75, 3.05) is 26.2 Å². The number of nitrogens with one attached hydrogen (secondary N) is 1. The van der Waals surface area contributed by atoms with E-state index in [1.807, 2.05) is 0 Å². The van der Waals surface area contributed by atoms with Crippen molar-refractivity contribution in [1.82, 2.24) is 15.1 Å². The van der Waals surface area contributed by atoms with Crippen LogP contribution in [0.5, 0.6) is 0 Å². The van der Waals surface area contributed by atoms with Crippen LogP contribution in [0.3, 0.4) is 0 Å². The number of piperazine rings is 1. The molecule has 3 rings (SSSR count). The van der Waals surface area contributed by atoms with Crippen LogP contribution >= 0.6 is 12.2 Å². The number of benzene rings is 1. The van der Waals surface area contributed by atoms with E-state index in [-0.39, 0.29) is 0 Å². The predicted octanol–water partition coefficient (Wildman–Crippen LogP) is 2.96. The molecule has 1 aliphatic carbocycles. The van der Waals surface area contributed by atoms with E-state index in [2.05, 4.69) is 53.2 Å². The summed E-state index contributed by atoms with van der Waals surface area (Å²) in [7, 11) is 0. The van der Waals surface area contributed by atoms with Gasteiger partial charge >= 0.3 is 0 Å². The predicted molar refractivity (Wildman–Crippen MR) is 96.1 cm³/mol. The molecule has 1 saturated carbocycles. The first-order chi connectivity index (χ1) is 10.6. The SMILES string of the molecule is CC(C)c1ccc(CN2CCN(C(=S)NC3CC3)CC2)cc1. The largest absolute Gasteiger partial charge is 0.360 e. The Morgan fingerprint density at radius 3 is 2.32 bits per heavy atom. The molecule has 0 atom stereocenters. The Bertz CT molecular complexity index is 500. The van der Waals surface area contributed by atoms with Crippen LogP contribution in [-0.2, 0) is 6.54 Å². The summed E-state index contributed by atoms with van der Waals surface area (Å²) in [6, 6.07) is 9.75. The topological polar surface area (TPSA) is 18.5 Å². The van der Waals surface area contributed by atoms with Crippen LogP contribution in [0.2, 0.25) is 0 Å². The van der Waals surface area contributed by atoms with Gasteiger partial charge in [-0.05, 0) is 42.1 Å². The first-order valence-electron chi connectivity index (χ1n) is 8.48. The van der Waals surface area contributed by atoms with E-state index in [0.717, 1.165) is 37.8 Å². The second-order valence-electron chi connectivity index (χ2n) is 6.88. The summed E-state index contributed by atoms with van der Waals surface area (Å²) in [5.41, 5.74) is 2.83. The molecule has 1 aromatic rings. The maximum Gasteiger partial charge on any atom is 0.169 e. The summed E-state index contributed by atoms with van der Waals surface area (Å²) >= 11 is 5.49. The highest BCUT2D eigenvalue weighted by Crippen LogP contribution is 2.19. The molecule has 1 N–H and O–H groups in total. The molecule has 1 aromatic carbocycles. The Balaban J connectivity index is 1.45. The maximum atomic E-state index is 5.49. The third-order valence-electron chi connectivity index (χ3n) is 4.62. The molecule has 1 saturated heterocycles. The summed E-state index contributed by atoms with van der Waals surface area (Å²) in [6.07, 6.45) is 2.57. The second kappa shape index (κ2) is 6.97. The quantitative estimate of drug-likeness (QED) is 0.860. The number of hydrogen-bond donors (Lipinski definition) is 1. The first kappa shape index (κ1) is 15.8. The summed E-state index contributed by atoms with van der Waals surface area (Å²) in [5, 5.41) is 4.41. The molecule has 0 bridgehead atoms. The fraction of sp³-hybridized carbons (Fsp3) is 0.611. The molecule has 0 spiro atoms. The van der Waals surface area contributed by atoms with Gasteiger partial charge in [0.05, 0.1) is 0 Å². The second-order valence-corrected chi connectivity index (χ2v) is 7.27. The summed E-state index contributed by atoms with van der Waals surface area (Å²) in [6.45, 7) is 9.82. The monoisotopic (exact) mass is 317 g/mol. The molecule has 0 aromatic heterocycles. The van der Waals surface area contributed by atoms with Crippen LogP contribution in [0.15, 0.2) is 24.3 Å². The lowest BCUT2D eigenvalue weighted by atomic mass is 10.0. The minimum Gasteiger partial charge on any atom is -0.360 e. The van der Waals surface area contributed by atoms with Gasteiger partial charge in [-0.3, -0.25) is 4.90 Å². The molecule has 2 fully saturated rings. The van der Waals surface area contributed by atoms with Crippen molar-refractivity contribution >= 4 is 17.3 Å². The van der Waals surface area contributed by atoms with Gasteiger partial charge in [0.25, 0.3) is 0 Å². The van der Waals surface area contributed by atoms with Crippen molar-refractivity contribution in [2.45, 2.75) is 45.2 Å². The Labute approximate surface area is 139 Å². The van der Waals surface area contributed by atoms with Crippen molar-refractivity contribution in [1.29, 1.82) is 0 Å². The molecule has 0 amide bonds. The number of hydrogen-bond acceptors (Lipinski definition) is 2. The number of nitrogens with zero attached hydrogens (tertiary/aromatic N) is 2. The van der Waals surface area contributed by atoms with Gasteiger partial charge in [0.2, 0.25) is 0 Å². The van der Waals surface area contributed by atoms with Crippen molar-refractivity contribution < 1.29 is 0 Å². The Hall–Kier alpha value is -1.13. The van der Waals surface area contributed by atoms with Crippen molar-refractivity contribution in [2.24, 2.45) is 0 Å². The third-order valence-corrected chi connectivity index (χ3v) is 4.99. The molecule has 0 unspecified atom stereocenters. The van der Waals surface area contributed by atoms with Crippen LogP contribution in [-0.4, -0.2) is 47.1 Å². The van der Waals surface area contributed by atoms with Gasteiger partial charge in [0.15, 0.2) is 5.11 Å². The molecule has 0 radical (unpaired) electrons. The highest BCUT2D eigenvalue weighted by Gasteiger charge is 2.25. The average molecular weight is 318 g/mol. The van der Waals surface area contributed by atoms with E-state index in [1.54, 1.807) is 0 Å². The molecule has 2 aliphatic rings. The van der Waals surface area contributed by atoms with Gasteiger partial charge in [0, 0.05) is 38.8 Å². The molecular weight excluding hydrogens is 290 g/mol. The van der Waals surface area contributed by atoms with Crippen LogP contribution < -0.4 is 5.32 Å². The summed E-state index contributed by atoms with van der Waals surface area (Å²) < 4.78 is 0. The zero-order chi connectivity index (χ0) is 15.5. The minimum atomic E-state index is 0.609. The van der Waals surface area contributed by atoms with Gasteiger partial charge in [-0.15, -0.1) is 0 Å². The molecule has 1 heterocycles. The Morgan fingerprint density at radius 2 is 1.77 bits per heavy atom. The molecule has 4 heteroatoms. The average Bonchev–Trinajstić information content (AvgIpc) is 3.32. The van der Waals surface area contributed by atoms with Gasteiger partial charge < -0.3 is 10.2 Å². The smallest absolute Gasteiger partial charge is 0.169 e. The lowest BCUT2D eigenvalue weighted by molar-refractivity contribution is 0.174. The molecule has 22 heavy (non-hydrogen) atoms. The number of rotatable bonds is 4. The molecule has 1 aliphatic heterocycles. The van der Waals surface area contributed by atoms with E-state index in [9.17, 15) is 0 Å². The fourth-order valence-electron chi connectivity index (χ4n) is 2.87. The first-order valence-corrected chi connectivity index (χ1v) is 8.89. The maximum absolute atomic E-state index is 5.49. The van der Waals surface area contributed by atoms with Crippen LogP contribution in [0.1, 0.15) is 43.7 Å². The summed E-state index contributed by atoms with van der Waals surface area (Å²) in [5.74, 6) is 0.609. The van der Waals surface area contributed by atoms with E-state index < -0.39 is 0 Å². The van der Waals surface area contributed by atoms with Crippen molar-refractivity contribution in [3.05, 3.63) is 35.4 Å². The highest BCUT2D eigenvalue weighted by atomic mass is 32.1. The Kier molecular flexibility index (Phi) is 4.99. The van der Waals surface area contributed by atoms with Crippen molar-refractivity contribution in [3.63, 3.8) is 0 Å². The van der Waals surface area contributed by atoms with Gasteiger partial charge in [-0.1, -0.05) is 38.1 Å².